The molecular formula is C16H14FN3O2. The summed E-state index contributed by atoms with van der Waals surface area (Å²) >= 11 is 0. The molecule has 2 amide bonds. The zero-order valence-corrected chi connectivity index (χ0v) is 11.6. The molecule has 0 unspecified atom stereocenters. The van der Waals surface area contributed by atoms with Crippen molar-refractivity contribution in [1.29, 1.82) is 5.26 Å². The third kappa shape index (κ3) is 3.81. The zero-order chi connectivity index (χ0) is 15.9. The lowest BCUT2D eigenvalue weighted by Gasteiger charge is -2.17. The van der Waals surface area contributed by atoms with Crippen molar-refractivity contribution in [3.63, 3.8) is 0 Å². The van der Waals surface area contributed by atoms with Crippen LogP contribution in [-0.2, 0) is 0 Å². The van der Waals surface area contributed by atoms with E-state index in [1.54, 1.807) is 30.3 Å². The molecule has 0 aliphatic rings. The van der Waals surface area contributed by atoms with Gasteiger partial charge in [0, 0.05) is 5.69 Å². The van der Waals surface area contributed by atoms with E-state index < -0.39 is 17.9 Å². The van der Waals surface area contributed by atoms with Gasteiger partial charge in [0.05, 0.1) is 18.2 Å². The number of nitriles is 1. The first kappa shape index (κ1) is 15.5. The number of hydrogen-bond donors (Lipinski definition) is 3. The Balaban J connectivity index is 2.05. The first-order valence-electron chi connectivity index (χ1n) is 6.57. The highest BCUT2D eigenvalue weighted by Gasteiger charge is 2.13. The van der Waals surface area contributed by atoms with Crippen LogP contribution < -0.4 is 10.6 Å². The van der Waals surface area contributed by atoms with Gasteiger partial charge in [0.2, 0.25) is 0 Å². The molecule has 0 aromatic heterocycles. The Morgan fingerprint density at radius 2 is 2.00 bits per heavy atom. The third-order valence-corrected chi connectivity index (χ3v) is 3.03. The molecule has 112 valence electrons. The molecule has 5 nitrogen and oxygen atoms in total. The van der Waals surface area contributed by atoms with Crippen molar-refractivity contribution in [2.75, 3.05) is 11.9 Å². The zero-order valence-electron chi connectivity index (χ0n) is 11.6. The van der Waals surface area contributed by atoms with E-state index >= 15 is 0 Å². The average Bonchev–Trinajstić information content (AvgIpc) is 2.55. The SMILES string of the molecule is N#Cc1cc(NC(=O)N[C@H](CO)c2ccccc2)ccc1F. The second-order valence-electron chi connectivity index (χ2n) is 4.55. The molecular weight excluding hydrogens is 285 g/mol. The number of aliphatic hydroxyl groups excluding tert-OH is 1. The molecule has 2 aromatic rings. The van der Waals surface area contributed by atoms with Gasteiger partial charge in [-0.25, -0.2) is 9.18 Å². The molecule has 0 aliphatic carbocycles. The van der Waals surface area contributed by atoms with Crippen LogP contribution in [-0.4, -0.2) is 17.7 Å². The highest BCUT2D eigenvalue weighted by atomic mass is 19.1. The van der Waals surface area contributed by atoms with Crippen LogP contribution in [0.5, 0.6) is 0 Å². The van der Waals surface area contributed by atoms with Crippen molar-refractivity contribution in [1.82, 2.24) is 5.32 Å². The van der Waals surface area contributed by atoms with Gasteiger partial charge < -0.3 is 15.7 Å². The number of halogens is 1. The molecule has 0 spiro atoms. The van der Waals surface area contributed by atoms with E-state index in [4.69, 9.17) is 5.26 Å². The van der Waals surface area contributed by atoms with Crippen molar-refractivity contribution in [3.05, 3.63) is 65.5 Å². The van der Waals surface area contributed by atoms with Crippen LogP contribution >= 0.6 is 0 Å². The van der Waals surface area contributed by atoms with Gasteiger partial charge in [0.15, 0.2) is 0 Å². The predicted octanol–water partition coefficient (Wildman–Crippen LogP) is 2.55. The summed E-state index contributed by atoms with van der Waals surface area (Å²) in [7, 11) is 0. The molecule has 22 heavy (non-hydrogen) atoms. The number of hydrogen-bond acceptors (Lipinski definition) is 3. The highest BCUT2D eigenvalue weighted by Crippen LogP contribution is 2.15. The molecule has 0 fully saturated rings. The largest absolute Gasteiger partial charge is 0.394 e. The minimum Gasteiger partial charge on any atom is -0.394 e. The number of aliphatic hydroxyl groups is 1. The average molecular weight is 299 g/mol. The smallest absolute Gasteiger partial charge is 0.319 e. The van der Waals surface area contributed by atoms with Crippen molar-refractivity contribution >= 4 is 11.7 Å². The second kappa shape index (κ2) is 7.20. The minimum atomic E-state index is -0.647. The topological polar surface area (TPSA) is 85.2 Å². The molecule has 2 rings (SSSR count). The van der Waals surface area contributed by atoms with Gasteiger partial charge in [-0.15, -0.1) is 0 Å². The van der Waals surface area contributed by atoms with Crippen LogP contribution in [0, 0.1) is 17.1 Å². The molecule has 0 saturated heterocycles. The van der Waals surface area contributed by atoms with Gasteiger partial charge in [-0.3, -0.25) is 0 Å². The molecule has 0 aliphatic heterocycles. The number of nitrogens with one attached hydrogen (secondary N) is 2. The monoisotopic (exact) mass is 299 g/mol. The molecule has 1 atom stereocenters. The summed E-state index contributed by atoms with van der Waals surface area (Å²) < 4.78 is 13.2. The second-order valence-corrected chi connectivity index (χ2v) is 4.55. The lowest BCUT2D eigenvalue weighted by Crippen LogP contribution is -2.34. The van der Waals surface area contributed by atoms with Crippen molar-refractivity contribution in [2.24, 2.45) is 0 Å². The predicted molar refractivity (Wildman–Crippen MR) is 79.5 cm³/mol. The Hall–Kier alpha value is -2.91. The van der Waals surface area contributed by atoms with Crippen LogP contribution in [0.4, 0.5) is 14.9 Å². The Morgan fingerprint density at radius 3 is 2.64 bits per heavy atom. The summed E-state index contributed by atoms with van der Waals surface area (Å²) in [6.07, 6.45) is 0. The number of benzene rings is 2. The fraction of sp³-hybridized carbons (Fsp3) is 0.125. The molecule has 6 heteroatoms. The molecule has 0 bridgehead atoms. The Kier molecular flexibility index (Phi) is 5.07. The van der Waals surface area contributed by atoms with Crippen molar-refractivity contribution < 1.29 is 14.3 Å². The molecule has 0 saturated carbocycles. The molecule has 3 N–H and O–H groups in total. The number of amides is 2. The van der Waals surface area contributed by atoms with Crippen LogP contribution in [0.25, 0.3) is 0 Å². The molecule has 2 aromatic carbocycles. The number of carbonyl (C=O) groups is 1. The maximum atomic E-state index is 13.2. The maximum absolute atomic E-state index is 13.2. The lowest BCUT2D eigenvalue weighted by molar-refractivity contribution is 0.225. The number of anilines is 1. The summed E-state index contributed by atoms with van der Waals surface area (Å²) in [6, 6.07) is 13.3. The van der Waals surface area contributed by atoms with E-state index in [0.717, 1.165) is 11.6 Å². The van der Waals surface area contributed by atoms with Gasteiger partial charge in [-0.05, 0) is 23.8 Å². The van der Waals surface area contributed by atoms with Crippen molar-refractivity contribution in [2.45, 2.75) is 6.04 Å². The Labute approximate surface area is 127 Å². The standard InChI is InChI=1S/C16H14FN3O2/c17-14-7-6-13(8-12(14)9-18)19-16(22)20-15(10-21)11-4-2-1-3-5-11/h1-8,15,21H,10H2,(H2,19,20,22)/t15-/m1/s1. The van der Waals surface area contributed by atoms with Crippen LogP contribution in [0.15, 0.2) is 48.5 Å². The number of rotatable bonds is 4. The summed E-state index contributed by atoms with van der Waals surface area (Å²) in [5.74, 6) is -0.647. The maximum Gasteiger partial charge on any atom is 0.319 e. The fourth-order valence-corrected chi connectivity index (χ4v) is 1.93. The van der Waals surface area contributed by atoms with Crippen LogP contribution in [0.3, 0.4) is 0 Å². The van der Waals surface area contributed by atoms with E-state index in [-0.39, 0.29) is 12.2 Å². The minimum absolute atomic E-state index is 0.153. The summed E-state index contributed by atoms with van der Waals surface area (Å²) in [4.78, 5) is 11.9. The van der Waals surface area contributed by atoms with Crippen LogP contribution in [0.2, 0.25) is 0 Å². The highest BCUT2D eigenvalue weighted by molar-refractivity contribution is 5.89. The van der Waals surface area contributed by atoms with Gasteiger partial charge in [-0.1, -0.05) is 30.3 Å². The van der Waals surface area contributed by atoms with E-state index in [1.807, 2.05) is 6.07 Å². The first-order chi connectivity index (χ1) is 10.6. The number of nitrogens with zero attached hydrogens (tertiary/aromatic N) is 1. The lowest BCUT2D eigenvalue weighted by atomic mass is 10.1. The summed E-state index contributed by atoms with van der Waals surface area (Å²) in [5.41, 5.74) is 0.900. The summed E-state index contributed by atoms with van der Waals surface area (Å²) in [5, 5.41) is 23.2. The van der Waals surface area contributed by atoms with E-state index in [0.29, 0.717) is 5.69 Å². The van der Waals surface area contributed by atoms with E-state index in [9.17, 15) is 14.3 Å². The van der Waals surface area contributed by atoms with Gasteiger partial charge >= 0.3 is 6.03 Å². The van der Waals surface area contributed by atoms with Crippen molar-refractivity contribution in [3.8, 4) is 6.07 Å². The fourth-order valence-electron chi connectivity index (χ4n) is 1.93. The molecule has 0 heterocycles. The third-order valence-electron chi connectivity index (χ3n) is 3.03. The number of urea groups is 1. The van der Waals surface area contributed by atoms with E-state index in [1.165, 1.54) is 12.1 Å². The summed E-state index contributed by atoms with van der Waals surface area (Å²) in [6.45, 7) is -0.260. The van der Waals surface area contributed by atoms with Gasteiger partial charge in [0.25, 0.3) is 0 Å². The Bertz CT molecular complexity index is 698. The van der Waals surface area contributed by atoms with Crippen LogP contribution in [0.1, 0.15) is 17.2 Å². The number of carbonyl (C=O) groups excluding carboxylic acids is 1. The van der Waals surface area contributed by atoms with E-state index in [2.05, 4.69) is 10.6 Å². The Morgan fingerprint density at radius 1 is 1.27 bits per heavy atom. The first-order valence-corrected chi connectivity index (χ1v) is 6.57. The quantitative estimate of drug-likeness (QED) is 0.811. The molecule has 0 radical (unpaired) electrons. The van der Waals surface area contributed by atoms with Gasteiger partial charge in [0.1, 0.15) is 11.9 Å². The van der Waals surface area contributed by atoms with Gasteiger partial charge in [-0.2, -0.15) is 5.26 Å². The normalized spacial score (nSPS) is 11.3.